The highest BCUT2D eigenvalue weighted by atomic mass is 32.1. The van der Waals surface area contributed by atoms with Gasteiger partial charge in [-0.2, -0.15) is 4.73 Å². The van der Waals surface area contributed by atoms with Crippen LogP contribution in [0.4, 0.5) is 4.79 Å². The predicted molar refractivity (Wildman–Crippen MR) is 352 cm³/mol. The number of likely N-dealkylation sites (N-methyl/N-ethyl adjacent to an activating group) is 1. The predicted octanol–water partition coefficient (Wildman–Crippen LogP) is 3.95. The van der Waals surface area contributed by atoms with Crippen molar-refractivity contribution in [1.29, 1.82) is 0 Å². The molecule has 10 unspecified atom stereocenters. The van der Waals surface area contributed by atoms with Gasteiger partial charge in [-0.25, -0.2) is 44.3 Å². The molecule has 12 bridgehead atoms. The van der Waals surface area contributed by atoms with E-state index in [9.17, 15) is 39.7 Å². The van der Waals surface area contributed by atoms with Crippen molar-refractivity contribution in [3.8, 4) is 38.4 Å². The first-order chi connectivity index (χ1) is 46.9. The molecule has 0 aliphatic carbocycles. The maximum absolute atomic E-state index is 15.2. The van der Waals surface area contributed by atoms with E-state index in [2.05, 4.69) is 46.9 Å². The van der Waals surface area contributed by atoms with Gasteiger partial charge in [-0.3, -0.25) is 19.2 Å². The van der Waals surface area contributed by atoms with Gasteiger partial charge in [0.2, 0.25) is 5.91 Å². The highest BCUT2D eigenvalue weighted by molar-refractivity contribution is 7.14. The summed E-state index contributed by atoms with van der Waals surface area (Å²) >= 11 is 4.77. The number of ether oxygens (including phenoxy) is 6. The van der Waals surface area contributed by atoms with Crippen molar-refractivity contribution in [2.75, 3.05) is 41.0 Å². The molecule has 8 aromatic rings. The number of hydrogen-bond acceptors (Lipinski definition) is 30. The number of esters is 2. The molecule has 0 saturated carbocycles. The van der Waals surface area contributed by atoms with Gasteiger partial charge < -0.3 is 90.9 Å². The van der Waals surface area contributed by atoms with Crippen LogP contribution < -0.4 is 31.9 Å². The number of nitrogens with zero attached hydrogens (tertiary/aromatic N) is 8. The summed E-state index contributed by atoms with van der Waals surface area (Å²) in [4.78, 5) is 132. The summed E-state index contributed by atoms with van der Waals surface area (Å²) in [5.41, 5.74) is -1.78. The van der Waals surface area contributed by atoms with E-state index in [-0.39, 0.29) is 119 Å². The normalized spacial score (nSPS) is 24.1. The third-order valence-corrected chi connectivity index (χ3v) is 20.9. The number of aliphatic hydroxyl groups is 3. The number of rotatable bonds is 10. The Hall–Kier alpha value is -8.99. The average Bonchev–Trinajstić information content (AvgIpc) is 1.56. The number of carbonyl (C=O) groups is 7. The number of allylic oxidation sites excluding steroid dienone is 1. The molecule has 1 saturated heterocycles. The van der Waals surface area contributed by atoms with Gasteiger partial charge in [0.15, 0.2) is 18.1 Å². The lowest BCUT2D eigenvalue weighted by molar-refractivity contribution is -0.280. The quantitative estimate of drug-likeness (QED) is 0.0524. The van der Waals surface area contributed by atoms with Crippen LogP contribution in [0.3, 0.4) is 0 Å². The number of carbonyl (C=O) groups excluding carboxylic acids is 7. The molecule has 37 heteroatoms. The van der Waals surface area contributed by atoms with Crippen molar-refractivity contribution in [2.24, 2.45) is 0 Å². The molecule has 32 nitrogen and oxygen atoms in total. The topological polar surface area (TPSA) is 434 Å². The van der Waals surface area contributed by atoms with Crippen molar-refractivity contribution < 1.29 is 87.6 Å². The number of urea groups is 1. The van der Waals surface area contributed by atoms with Crippen LogP contribution >= 0.6 is 56.7 Å². The minimum Gasteiger partial charge on any atom is -0.506 e. The van der Waals surface area contributed by atoms with E-state index < -0.39 is 133 Å². The van der Waals surface area contributed by atoms with Crippen LogP contribution in [0.15, 0.2) is 56.9 Å². The molecular weight excluding hydrogens is 1380 g/mol. The summed E-state index contributed by atoms with van der Waals surface area (Å²) in [6.45, 7) is 4.01. The van der Waals surface area contributed by atoms with Crippen molar-refractivity contribution in [3.05, 3.63) is 112 Å². The SMILES string of the molecule is CO/C(C)=C1/NC(=O)C(C(C)O)NC(=O)c2csc(n2)-c2cc(O)c(-c3nc(CNC(=O)NCCO)cs3)nc2-c2csc(n2)C2COC(=O)c3c4c5c(cccc5n3O)COC(=O)C(OC3CC(C)(O)C(N(C)C)C(C)O3)C(OC4)C(NC(=O)c3csc1n3)c1nc(cs1)C(=O)N2. The van der Waals surface area contributed by atoms with Gasteiger partial charge in [-0.05, 0) is 59.5 Å². The lowest BCUT2D eigenvalue weighted by Crippen LogP contribution is -2.62. The minimum atomic E-state index is -1.91. The Morgan fingerprint density at radius 1 is 0.847 bits per heavy atom. The summed E-state index contributed by atoms with van der Waals surface area (Å²) in [5.74, 6) is -6.19. The minimum absolute atomic E-state index is 0.00638. The van der Waals surface area contributed by atoms with Crippen molar-refractivity contribution in [1.82, 2.24) is 71.4 Å². The van der Waals surface area contributed by atoms with Crippen LogP contribution in [0.1, 0.15) is 120 Å². The van der Waals surface area contributed by atoms with Crippen molar-refractivity contribution in [3.63, 3.8) is 0 Å². The number of aromatic hydroxyl groups is 1. The number of hydrogen-bond donors (Lipinski definition) is 11. The van der Waals surface area contributed by atoms with Crippen LogP contribution in [-0.2, 0) is 57.8 Å². The maximum Gasteiger partial charge on any atom is 0.358 e. The summed E-state index contributed by atoms with van der Waals surface area (Å²) in [7, 11) is 4.86. The van der Waals surface area contributed by atoms with E-state index in [4.69, 9.17) is 48.5 Å². The molecule has 516 valence electrons. The van der Waals surface area contributed by atoms with Crippen LogP contribution in [-0.4, -0.2) is 196 Å². The number of pyridine rings is 1. The molecule has 1 aromatic carbocycles. The number of amides is 6. The summed E-state index contributed by atoms with van der Waals surface area (Å²) in [5, 5.41) is 80.3. The van der Waals surface area contributed by atoms with Gasteiger partial charge >= 0.3 is 18.0 Å². The molecule has 4 aliphatic heterocycles. The Morgan fingerprint density at radius 3 is 2.27 bits per heavy atom. The second-order valence-corrected chi connectivity index (χ2v) is 27.8. The number of aliphatic hydroxyl groups excluding tert-OH is 2. The number of aromatic nitrogens is 7. The third kappa shape index (κ3) is 13.9. The number of cyclic esters (lactones) is 2. The van der Waals surface area contributed by atoms with Gasteiger partial charge in [-0.15, -0.1) is 56.7 Å². The first kappa shape index (κ1) is 68.9. The maximum atomic E-state index is 15.2. The summed E-state index contributed by atoms with van der Waals surface area (Å²) < 4.78 is 38.3. The lowest BCUT2D eigenvalue weighted by atomic mass is 9.85. The largest absolute Gasteiger partial charge is 0.506 e. The van der Waals surface area contributed by atoms with E-state index >= 15 is 14.4 Å². The molecular formula is C61H64N14O18S5. The second-order valence-electron chi connectivity index (χ2n) is 23.5. The zero-order valence-corrected chi connectivity index (χ0v) is 57.1. The van der Waals surface area contributed by atoms with Crippen LogP contribution in [0, 0.1) is 0 Å². The molecule has 1 fully saturated rings. The van der Waals surface area contributed by atoms with Crippen LogP contribution in [0.25, 0.3) is 49.3 Å². The van der Waals surface area contributed by atoms with E-state index in [1.165, 1.54) is 49.2 Å². The van der Waals surface area contributed by atoms with Crippen molar-refractivity contribution in [2.45, 2.75) is 114 Å². The zero-order chi connectivity index (χ0) is 69.6. The Balaban J connectivity index is 1.03. The Morgan fingerprint density at radius 2 is 1.53 bits per heavy atom. The van der Waals surface area contributed by atoms with E-state index in [1.54, 1.807) is 55.7 Å². The first-order valence-electron chi connectivity index (χ1n) is 30.2. The molecule has 0 spiro atoms. The van der Waals surface area contributed by atoms with Gasteiger partial charge in [-0.1, -0.05) is 12.1 Å². The molecule has 6 amide bonds. The average molecular weight is 1440 g/mol. The summed E-state index contributed by atoms with van der Waals surface area (Å²) in [6.07, 6.45) is -7.49. The monoisotopic (exact) mass is 1440 g/mol. The molecule has 10 atom stereocenters. The first-order valence-corrected chi connectivity index (χ1v) is 34.6. The fourth-order valence-corrected chi connectivity index (χ4v) is 16.1. The van der Waals surface area contributed by atoms with Gasteiger partial charge in [0.1, 0.15) is 114 Å². The lowest BCUT2D eigenvalue weighted by Gasteiger charge is -2.48. The standard InChI is InChI=1S/C61H64N14O18S5/c1-24(77)40-52(82)72-41(25(2)88-7)55-68-35(23-97-55)51(81)73-44-46-47(93-38-14-61(4,86)48(74(5)6)26(3)92-38)59(84)90-16-27-9-8-10-36-39(27)30(17-89-46)45(75(36)87)58(83)91-18-31(65-49(79)33-22-98-57(44)69-33)54-66-32(20-96-54)42-29(53-67-34(21-95-53)50(80)71-40)13-37(78)43(70-42)56-64-28(19-94-56)15-63-60(85)62-11-12-76/h8-10,13,19-24,26,31,38,40,44,46-48,76-78,86-87H,11-12,14-18H2,1-7H3,(H,65,79)(H,71,80)(H,72,82)(H,73,81)(H2,62,63,85)/b41-25+. The summed E-state index contributed by atoms with van der Waals surface area (Å²) in [6, 6.07) is 0.254. The Labute approximate surface area is 576 Å². The molecule has 12 rings (SSSR count). The van der Waals surface area contributed by atoms with Crippen LogP contribution in [0.5, 0.6) is 5.75 Å². The molecule has 98 heavy (non-hydrogen) atoms. The Kier molecular flexibility index (Phi) is 20.0. The zero-order valence-electron chi connectivity index (χ0n) is 53.0. The number of methoxy groups -OCH3 is 1. The van der Waals surface area contributed by atoms with E-state index in [0.717, 1.165) is 56.7 Å². The highest BCUT2D eigenvalue weighted by Crippen LogP contribution is 2.43. The van der Waals surface area contributed by atoms with Gasteiger partial charge in [0, 0.05) is 56.4 Å². The molecule has 7 aromatic heterocycles. The molecule has 11 heterocycles. The highest BCUT2D eigenvalue weighted by Gasteiger charge is 2.50. The number of benzene rings is 1. The fourth-order valence-electron chi connectivity index (χ4n) is 11.9. The molecule has 0 radical (unpaired) electrons. The second kappa shape index (κ2) is 28.5. The third-order valence-electron chi connectivity index (χ3n) is 16.4. The van der Waals surface area contributed by atoms with Gasteiger partial charge in [0.05, 0.1) is 61.9 Å². The number of nitrogens with one attached hydrogen (secondary N) is 6. The number of fused-ring (bicyclic) bond motifs is 15. The van der Waals surface area contributed by atoms with Gasteiger partial charge in [0.25, 0.3) is 17.7 Å². The smallest absolute Gasteiger partial charge is 0.358 e. The molecule has 11 N–H and O–H groups in total. The fraction of sp³-hybridized carbons (Fsp3) is 0.393. The van der Waals surface area contributed by atoms with E-state index in [0.29, 0.717) is 16.0 Å². The van der Waals surface area contributed by atoms with E-state index in [1.807, 2.05) is 0 Å². The Bertz CT molecular complexity index is 4460. The van der Waals surface area contributed by atoms with Crippen molar-refractivity contribution >= 4 is 115 Å². The van der Waals surface area contributed by atoms with Crippen LogP contribution in [0.2, 0.25) is 0 Å². The number of thiazole rings is 5. The molecule has 4 aliphatic rings.